The Bertz CT molecular complexity index is 1120. The van der Waals surface area contributed by atoms with Gasteiger partial charge in [-0.25, -0.2) is 0 Å². The van der Waals surface area contributed by atoms with Gasteiger partial charge < -0.3 is 19.3 Å². The van der Waals surface area contributed by atoms with Crippen LogP contribution in [0, 0.1) is 0 Å². The quantitative estimate of drug-likeness (QED) is 0.601. The van der Waals surface area contributed by atoms with E-state index in [4.69, 9.17) is 14.5 Å². The molecule has 1 atom stereocenters. The van der Waals surface area contributed by atoms with Crippen molar-refractivity contribution in [2.75, 3.05) is 39.4 Å². The van der Waals surface area contributed by atoms with Crippen LogP contribution in [0.2, 0.25) is 0 Å². The summed E-state index contributed by atoms with van der Waals surface area (Å²) in [5.74, 6) is 1.43. The third kappa shape index (κ3) is 6.00. The molecule has 2 heterocycles. The average Bonchev–Trinajstić information content (AvgIpc) is 3.03. The highest BCUT2D eigenvalue weighted by Crippen LogP contribution is 2.33. The Balaban J connectivity index is 1.55. The average molecular weight is 504 g/mol. The molecule has 6 nitrogen and oxygen atoms in total. The molecule has 194 valence electrons. The number of amidine groups is 1. The van der Waals surface area contributed by atoms with Crippen molar-refractivity contribution in [1.82, 2.24) is 9.80 Å². The maximum atomic E-state index is 13.0. The van der Waals surface area contributed by atoms with Crippen molar-refractivity contribution >= 4 is 11.7 Å². The van der Waals surface area contributed by atoms with E-state index in [1.165, 1.54) is 12.1 Å². The van der Waals surface area contributed by atoms with Gasteiger partial charge in [0.05, 0.1) is 23.3 Å². The lowest BCUT2D eigenvalue weighted by Crippen LogP contribution is -2.56. The normalized spacial score (nSPS) is 18.8. The van der Waals surface area contributed by atoms with Crippen molar-refractivity contribution in [3.63, 3.8) is 0 Å². The van der Waals surface area contributed by atoms with Crippen LogP contribution in [0.4, 0.5) is 13.2 Å². The molecule has 0 spiro atoms. The summed E-state index contributed by atoms with van der Waals surface area (Å²) in [4.78, 5) is 21.5. The van der Waals surface area contributed by atoms with E-state index >= 15 is 0 Å². The fraction of sp³-hybridized carbons (Fsp3) is 0.481. The molecule has 2 aliphatic rings. The van der Waals surface area contributed by atoms with Crippen molar-refractivity contribution in [3.05, 3.63) is 53.6 Å². The Morgan fingerprint density at radius 2 is 1.78 bits per heavy atom. The molecule has 0 saturated carbocycles. The molecule has 0 radical (unpaired) electrons. The summed E-state index contributed by atoms with van der Waals surface area (Å²) < 4.78 is 50.5. The van der Waals surface area contributed by atoms with Crippen LogP contribution in [0.15, 0.2) is 47.5 Å². The lowest BCUT2D eigenvalue weighted by molar-refractivity contribution is -0.143. The van der Waals surface area contributed by atoms with Crippen LogP contribution >= 0.6 is 0 Å². The first kappa shape index (κ1) is 26.0. The number of fused-ring (bicyclic) bond motifs is 1. The topological polar surface area (TPSA) is 54.4 Å². The van der Waals surface area contributed by atoms with E-state index in [2.05, 4.69) is 11.8 Å². The molecule has 36 heavy (non-hydrogen) atoms. The van der Waals surface area contributed by atoms with Crippen LogP contribution in [0.3, 0.4) is 0 Å². The summed E-state index contributed by atoms with van der Waals surface area (Å²) in [6.07, 6.45) is -4.38. The largest absolute Gasteiger partial charge is 0.491 e. The lowest BCUT2D eigenvalue weighted by atomic mass is 9.99. The standard InChI is InChI=1S/C27H32F3N3O3/c1-18-16-32(24(34)17-36-26(2,3)4)12-13-33(18)25-22-15-20(7-10-23(22)35-14-11-31-25)19-5-8-21(9-6-19)27(28,29)30/h5-10,15,18H,11-14,16-17H2,1-4H3/t18-/m0/s1. The number of hydrogen-bond donors (Lipinski definition) is 0. The van der Waals surface area contributed by atoms with E-state index in [0.717, 1.165) is 29.1 Å². The van der Waals surface area contributed by atoms with Gasteiger partial charge in [0, 0.05) is 25.7 Å². The summed E-state index contributed by atoms with van der Waals surface area (Å²) in [5.41, 5.74) is 1.19. The molecule has 2 aromatic carbocycles. The fourth-order valence-corrected chi connectivity index (χ4v) is 4.37. The number of carbonyl (C=O) groups is 1. The van der Waals surface area contributed by atoms with E-state index in [1.807, 2.05) is 43.9 Å². The molecule has 4 rings (SSSR count). The van der Waals surface area contributed by atoms with Crippen LogP contribution < -0.4 is 4.74 Å². The highest BCUT2D eigenvalue weighted by molar-refractivity contribution is 6.03. The molecule has 1 saturated heterocycles. The zero-order chi connectivity index (χ0) is 26.1. The number of rotatable bonds is 3. The second-order valence-electron chi connectivity index (χ2n) is 10.1. The van der Waals surface area contributed by atoms with Crippen LogP contribution in [-0.4, -0.2) is 72.6 Å². The molecule has 0 aromatic heterocycles. The van der Waals surface area contributed by atoms with Gasteiger partial charge in [0.2, 0.25) is 5.91 Å². The smallest absolute Gasteiger partial charge is 0.416 e. The maximum absolute atomic E-state index is 13.0. The van der Waals surface area contributed by atoms with Gasteiger partial charge in [-0.2, -0.15) is 13.2 Å². The molecule has 0 aliphatic carbocycles. The monoisotopic (exact) mass is 503 g/mol. The molecular weight excluding hydrogens is 471 g/mol. The van der Waals surface area contributed by atoms with Crippen LogP contribution in [-0.2, 0) is 15.7 Å². The second-order valence-corrected chi connectivity index (χ2v) is 10.1. The van der Waals surface area contributed by atoms with Crippen LogP contribution in [0.1, 0.15) is 38.8 Å². The third-order valence-corrected chi connectivity index (χ3v) is 6.26. The van der Waals surface area contributed by atoms with Gasteiger partial charge in [-0.3, -0.25) is 9.79 Å². The number of piperazine rings is 1. The Labute approximate surface area is 209 Å². The Morgan fingerprint density at radius 1 is 1.08 bits per heavy atom. The number of ether oxygens (including phenoxy) is 2. The summed E-state index contributed by atoms with van der Waals surface area (Å²) in [6, 6.07) is 10.8. The van der Waals surface area contributed by atoms with Crippen molar-refractivity contribution < 1.29 is 27.4 Å². The zero-order valence-corrected chi connectivity index (χ0v) is 21.1. The Morgan fingerprint density at radius 3 is 2.42 bits per heavy atom. The minimum absolute atomic E-state index is 0.0109. The number of carbonyl (C=O) groups excluding carboxylic acids is 1. The van der Waals surface area contributed by atoms with Crippen molar-refractivity contribution in [2.24, 2.45) is 4.99 Å². The van der Waals surface area contributed by atoms with Crippen molar-refractivity contribution in [2.45, 2.75) is 45.5 Å². The number of alkyl halides is 3. The molecule has 2 aromatic rings. The van der Waals surface area contributed by atoms with Crippen LogP contribution in [0.25, 0.3) is 11.1 Å². The third-order valence-electron chi connectivity index (χ3n) is 6.26. The zero-order valence-electron chi connectivity index (χ0n) is 21.1. The van der Waals surface area contributed by atoms with Gasteiger partial charge >= 0.3 is 6.18 Å². The predicted molar refractivity (Wildman–Crippen MR) is 132 cm³/mol. The van der Waals surface area contributed by atoms with E-state index in [-0.39, 0.29) is 24.2 Å². The van der Waals surface area contributed by atoms with Crippen LogP contribution in [0.5, 0.6) is 5.75 Å². The number of halogens is 3. The van der Waals surface area contributed by atoms with Crippen molar-refractivity contribution in [1.29, 1.82) is 0 Å². The number of hydrogen-bond acceptors (Lipinski definition) is 5. The minimum atomic E-state index is -4.38. The summed E-state index contributed by atoms with van der Waals surface area (Å²) >= 11 is 0. The van der Waals surface area contributed by atoms with Gasteiger partial charge in [0.1, 0.15) is 24.8 Å². The number of benzene rings is 2. The first-order valence-electron chi connectivity index (χ1n) is 12.1. The first-order valence-corrected chi connectivity index (χ1v) is 12.1. The molecule has 0 unspecified atom stereocenters. The summed E-state index contributed by atoms with van der Waals surface area (Å²) in [6.45, 7) is 10.5. The summed E-state index contributed by atoms with van der Waals surface area (Å²) in [5, 5.41) is 0. The predicted octanol–water partition coefficient (Wildman–Crippen LogP) is 4.86. The molecule has 2 aliphatic heterocycles. The van der Waals surface area contributed by atoms with E-state index < -0.39 is 11.7 Å². The Kier molecular flexibility index (Phi) is 7.31. The van der Waals surface area contributed by atoms with E-state index in [0.29, 0.717) is 44.1 Å². The van der Waals surface area contributed by atoms with E-state index in [1.54, 1.807) is 0 Å². The van der Waals surface area contributed by atoms with E-state index in [9.17, 15) is 18.0 Å². The highest BCUT2D eigenvalue weighted by Gasteiger charge is 2.32. The molecule has 1 fully saturated rings. The molecule has 0 bridgehead atoms. The number of nitrogens with zero attached hydrogens (tertiary/aromatic N) is 3. The van der Waals surface area contributed by atoms with Gasteiger partial charge in [0.15, 0.2) is 0 Å². The highest BCUT2D eigenvalue weighted by atomic mass is 19.4. The second kappa shape index (κ2) is 10.1. The summed E-state index contributed by atoms with van der Waals surface area (Å²) in [7, 11) is 0. The molecule has 1 amide bonds. The van der Waals surface area contributed by atoms with Gasteiger partial charge in [-0.15, -0.1) is 0 Å². The fourth-order valence-electron chi connectivity index (χ4n) is 4.37. The minimum Gasteiger partial charge on any atom is -0.491 e. The molecular formula is C27H32F3N3O3. The number of aliphatic imine (C=N–C) groups is 1. The van der Waals surface area contributed by atoms with Gasteiger partial charge in [-0.1, -0.05) is 18.2 Å². The first-order chi connectivity index (χ1) is 16.9. The van der Waals surface area contributed by atoms with Gasteiger partial charge in [-0.05, 0) is 63.1 Å². The Hall–Kier alpha value is -3.07. The maximum Gasteiger partial charge on any atom is 0.416 e. The lowest BCUT2D eigenvalue weighted by Gasteiger charge is -2.41. The van der Waals surface area contributed by atoms with Gasteiger partial charge in [0.25, 0.3) is 0 Å². The SMILES string of the molecule is C[C@H]1CN(C(=O)COC(C)(C)C)CCN1C1=NCCOc2ccc(-c3ccc(C(F)(F)F)cc3)cc21. The van der Waals surface area contributed by atoms with Crippen molar-refractivity contribution in [3.8, 4) is 16.9 Å². The molecule has 0 N–H and O–H groups in total. The number of amides is 1. The molecule has 9 heteroatoms.